The number of hydrogen-bond donors (Lipinski definition) is 0. The van der Waals surface area contributed by atoms with Crippen LogP contribution in [0.2, 0.25) is 0 Å². The van der Waals surface area contributed by atoms with Crippen LogP contribution in [0.1, 0.15) is 107 Å². The van der Waals surface area contributed by atoms with Crippen LogP contribution in [-0.2, 0) is 14.3 Å². The van der Waals surface area contributed by atoms with Gasteiger partial charge in [-0.3, -0.25) is 9.59 Å². The Labute approximate surface area is 273 Å². The summed E-state index contributed by atoms with van der Waals surface area (Å²) in [5.41, 5.74) is 3.19. The highest BCUT2D eigenvalue weighted by molar-refractivity contribution is 5.93. The summed E-state index contributed by atoms with van der Waals surface area (Å²) in [6.45, 7) is 8.08. The molecule has 0 radical (unpaired) electrons. The van der Waals surface area contributed by atoms with E-state index < -0.39 is 5.97 Å². The van der Waals surface area contributed by atoms with E-state index in [0.29, 0.717) is 23.5 Å². The summed E-state index contributed by atoms with van der Waals surface area (Å²) in [6.07, 6.45) is 8.72. The first kappa shape index (κ1) is 34.4. The van der Waals surface area contributed by atoms with Gasteiger partial charge in [-0.2, -0.15) is 0 Å². The van der Waals surface area contributed by atoms with Gasteiger partial charge in [-0.1, -0.05) is 101 Å². The molecule has 0 heterocycles. The van der Waals surface area contributed by atoms with Crippen molar-refractivity contribution in [1.29, 1.82) is 0 Å². The first-order valence-corrected chi connectivity index (χ1v) is 16.7. The molecule has 0 saturated heterocycles. The number of benzene rings is 4. The summed E-state index contributed by atoms with van der Waals surface area (Å²) in [5, 5.41) is 1.85. The third-order valence-corrected chi connectivity index (χ3v) is 8.37. The second kappa shape index (κ2) is 17.3. The van der Waals surface area contributed by atoms with Gasteiger partial charge in [0.05, 0.1) is 11.5 Å². The molecule has 0 aliphatic carbocycles. The van der Waals surface area contributed by atoms with Gasteiger partial charge in [-0.15, -0.1) is 0 Å². The number of rotatable bonds is 16. The van der Waals surface area contributed by atoms with Crippen LogP contribution in [0.5, 0.6) is 11.5 Å². The predicted octanol–water partition coefficient (Wildman–Crippen LogP) is 10.2. The average Bonchev–Trinajstić information content (AvgIpc) is 3.08. The molecule has 0 aliphatic heterocycles. The van der Waals surface area contributed by atoms with Gasteiger partial charge >= 0.3 is 17.9 Å². The van der Waals surface area contributed by atoms with Crippen LogP contribution < -0.4 is 9.47 Å². The molecule has 0 bridgehead atoms. The SMILES string of the molecule is CCCCCCCCC(=O)Oc1ccc(-c2ccc(C(=O)Oc3ccc4cc([C@H](C)C(=O)OC(CC)CC)ccc4c3)cc2)cc1. The normalized spacial score (nSPS) is 11.8. The van der Waals surface area contributed by atoms with Gasteiger partial charge in [0, 0.05) is 6.42 Å². The molecule has 6 heteroatoms. The van der Waals surface area contributed by atoms with E-state index in [2.05, 4.69) is 6.92 Å². The molecule has 4 aromatic rings. The molecule has 4 rings (SSSR count). The standard InChI is InChI=1S/C40H46O6/c1-5-8-9-10-11-12-13-38(41)44-36-23-20-30(21-24-36)29-14-16-31(17-15-29)40(43)46-37-25-22-33-26-32(18-19-34(33)27-37)28(4)39(42)45-35(6-2)7-3/h14-28,35H,5-13H2,1-4H3/t28-/m0/s1. The van der Waals surface area contributed by atoms with Crippen LogP contribution in [0, 0.1) is 0 Å². The van der Waals surface area contributed by atoms with Crippen LogP contribution in [0.3, 0.4) is 0 Å². The third kappa shape index (κ3) is 9.77. The van der Waals surface area contributed by atoms with E-state index in [1.54, 1.807) is 30.3 Å². The molecule has 0 aliphatic rings. The number of fused-ring (bicyclic) bond motifs is 1. The monoisotopic (exact) mass is 622 g/mol. The number of ether oxygens (including phenoxy) is 3. The molecule has 0 unspecified atom stereocenters. The van der Waals surface area contributed by atoms with E-state index in [0.717, 1.165) is 59.6 Å². The van der Waals surface area contributed by atoms with Crippen molar-refractivity contribution in [3.05, 3.63) is 96.1 Å². The largest absolute Gasteiger partial charge is 0.462 e. The van der Waals surface area contributed by atoms with Crippen LogP contribution >= 0.6 is 0 Å². The van der Waals surface area contributed by atoms with Crippen molar-refractivity contribution in [1.82, 2.24) is 0 Å². The molecule has 0 aromatic heterocycles. The van der Waals surface area contributed by atoms with Crippen molar-refractivity contribution in [2.75, 3.05) is 0 Å². The molecule has 4 aromatic carbocycles. The topological polar surface area (TPSA) is 78.9 Å². The Morgan fingerprint density at radius 1 is 0.630 bits per heavy atom. The van der Waals surface area contributed by atoms with E-state index >= 15 is 0 Å². The minimum Gasteiger partial charge on any atom is -0.462 e. The third-order valence-electron chi connectivity index (χ3n) is 8.37. The quantitative estimate of drug-likeness (QED) is 0.0703. The van der Waals surface area contributed by atoms with Gasteiger partial charge in [-0.05, 0) is 90.0 Å². The summed E-state index contributed by atoms with van der Waals surface area (Å²) in [6, 6.07) is 25.9. The first-order chi connectivity index (χ1) is 22.3. The van der Waals surface area contributed by atoms with Gasteiger partial charge in [0.25, 0.3) is 0 Å². The number of unbranched alkanes of at least 4 members (excludes halogenated alkanes) is 5. The Hall–Kier alpha value is -4.45. The molecule has 1 atom stereocenters. The zero-order valence-corrected chi connectivity index (χ0v) is 27.6. The summed E-state index contributed by atoms with van der Waals surface area (Å²) >= 11 is 0. The highest BCUT2D eigenvalue weighted by Gasteiger charge is 2.20. The minimum absolute atomic E-state index is 0.0622. The molecule has 0 spiro atoms. The average molecular weight is 623 g/mol. The Morgan fingerprint density at radius 2 is 1.22 bits per heavy atom. The maximum Gasteiger partial charge on any atom is 0.343 e. The van der Waals surface area contributed by atoms with Gasteiger partial charge < -0.3 is 14.2 Å². The maximum atomic E-state index is 12.9. The molecule has 46 heavy (non-hydrogen) atoms. The predicted molar refractivity (Wildman–Crippen MR) is 183 cm³/mol. The van der Waals surface area contributed by atoms with Crippen LogP contribution in [0.15, 0.2) is 84.9 Å². The number of hydrogen-bond acceptors (Lipinski definition) is 6. The summed E-state index contributed by atoms with van der Waals surface area (Å²) < 4.78 is 16.8. The van der Waals surface area contributed by atoms with E-state index in [-0.39, 0.29) is 24.0 Å². The molecule has 242 valence electrons. The fourth-order valence-corrected chi connectivity index (χ4v) is 5.35. The lowest BCUT2D eigenvalue weighted by atomic mass is 9.97. The summed E-state index contributed by atoms with van der Waals surface area (Å²) in [7, 11) is 0. The Bertz CT molecular complexity index is 1580. The van der Waals surface area contributed by atoms with Gasteiger partial charge in [-0.25, -0.2) is 4.79 Å². The van der Waals surface area contributed by atoms with Crippen molar-refractivity contribution < 1.29 is 28.6 Å². The molecule has 0 fully saturated rings. The van der Waals surface area contributed by atoms with Crippen molar-refractivity contribution >= 4 is 28.7 Å². The summed E-state index contributed by atoms with van der Waals surface area (Å²) in [4.78, 5) is 37.7. The van der Waals surface area contributed by atoms with Crippen LogP contribution in [0.4, 0.5) is 0 Å². The minimum atomic E-state index is -0.451. The van der Waals surface area contributed by atoms with E-state index in [1.165, 1.54) is 19.3 Å². The second-order valence-electron chi connectivity index (χ2n) is 11.8. The highest BCUT2D eigenvalue weighted by atomic mass is 16.5. The van der Waals surface area contributed by atoms with E-state index in [1.807, 2.05) is 75.4 Å². The van der Waals surface area contributed by atoms with Crippen LogP contribution in [0.25, 0.3) is 21.9 Å². The molecule has 6 nitrogen and oxygen atoms in total. The molecular formula is C40H46O6. The van der Waals surface area contributed by atoms with Crippen molar-refractivity contribution in [3.63, 3.8) is 0 Å². The fourth-order valence-electron chi connectivity index (χ4n) is 5.35. The summed E-state index contributed by atoms with van der Waals surface area (Å²) in [5.74, 6) is -0.279. The molecule has 0 N–H and O–H groups in total. The second-order valence-corrected chi connectivity index (χ2v) is 11.8. The lowest BCUT2D eigenvalue weighted by Gasteiger charge is -2.18. The fraction of sp³-hybridized carbons (Fsp3) is 0.375. The highest BCUT2D eigenvalue weighted by Crippen LogP contribution is 2.28. The zero-order valence-electron chi connectivity index (χ0n) is 27.6. The number of esters is 3. The van der Waals surface area contributed by atoms with Crippen molar-refractivity contribution in [3.8, 4) is 22.6 Å². The van der Waals surface area contributed by atoms with Gasteiger partial charge in [0.1, 0.15) is 17.6 Å². The van der Waals surface area contributed by atoms with Crippen LogP contribution in [-0.4, -0.2) is 24.0 Å². The number of carbonyl (C=O) groups is 3. The molecular weight excluding hydrogens is 576 g/mol. The van der Waals surface area contributed by atoms with E-state index in [9.17, 15) is 14.4 Å². The Morgan fingerprint density at radius 3 is 1.89 bits per heavy atom. The Kier molecular flexibility index (Phi) is 12.9. The smallest absolute Gasteiger partial charge is 0.343 e. The molecule has 0 saturated carbocycles. The van der Waals surface area contributed by atoms with Gasteiger partial charge in [0.2, 0.25) is 0 Å². The Balaban J connectivity index is 1.31. The lowest BCUT2D eigenvalue weighted by Crippen LogP contribution is -2.20. The van der Waals surface area contributed by atoms with Crippen molar-refractivity contribution in [2.24, 2.45) is 0 Å². The van der Waals surface area contributed by atoms with E-state index in [4.69, 9.17) is 14.2 Å². The number of carbonyl (C=O) groups excluding carboxylic acids is 3. The van der Waals surface area contributed by atoms with Crippen molar-refractivity contribution in [2.45, 2.75) is 97.5 Å². The maximum absolute atomic E-state index is 12.9. The van der Waals surface area contributed by atoms with Gasteiger partial charge in [0.15, 0.2) is 0 Å². The first-order valence-electron chi connectivity index (χ1n) is 16.7. The zero-order chi connectivity index (χ0) is 32.9. The molecule has 0 amide bonds. The lowest BCUT2D eigenvalue weighted by molar-refractivity contribution is -0.150.